The molecule has 2 unspecified atom stereocenters. The van der Waals surface area contributed by atoms with Gasteiger partial charge in [-0.15, -0.1) is 0 Å². The third-order valence-corrected chi connectivity index (χ3v) is 6.20. The fourth-order valence-electron chi connectivity index (χ4n) is 2.55. The lowest BCUT2D eigenvalue weighted by Gasteiger charge is -2.18. The van der Waals surface area contributed by atoms with Gasteiger partial charge in [0.05, 0.1) is 26.4 Å². The molecular weight excluding hydrogens is 239 g/mol. The van der Waals surface area contributed by atoms with Crippen LogP contribution in [0.25, 0.3) is 0 Å². The Kier molecular flexibility index (Phi) is 6.14. The van der Waals surface area contributed by atoms with Crippen LogP contribution >= 0.6 is 7.37 Å². The van der Waals surface area contributed by atoms with Crippen LogP contribution in [0.1, 0.15) is 20.8 Å². The van der Waals surface area contributed by atoms with Crippen LogP contribution in [-0.2, 0) is 13.8 Å². The molecule has 1 aliphatic heterocycles. The Morgan fingerprint density at radius 2 is 2.00 bits per heavy atom. The second-order valence-corrected chi connectivity index (χ2v) is 7.85. The Balaban J connectivity index is 2.31. The molecule has 1 fully saturated rings. The van der Waals surface area contributed by atoms with Crippen molar-refractivity contribution in [1.82, 2.24) is 0 Å². The van der Waals surface area contributed by atoms with E-state index in [4.69, 9.17) is 14.4 Å². The molecule has 1 rings (SSSR count). The van der Waals surface area contributed by atoms with Gasteiger partial charge in [0.15, 0.2) is 0 Å². The maximum Gasteiger partial charge on any atom is 0.203 e. The molecule has 3 atom stereocenters. The lowest BCUT2D eigenvalue weighted by Crippen LogP contribution is -2.15. The van der Waals surface area contributed by atoms with Crippen molar-refractivity contribution < 1.29 is 18.9 Å². The SMILES string of the molecule is CC(C)[C@@H]1CP(=O)(OCCOCCO)CC1C. The first-order valence-electron chi connectivity index (χ1n) is 6.40. The molecule has 0 amide bonds. The van der Waals surface area contributed by atoms with Gasteiger partial charge < -0.3 is 14.4 Å². The van der Waals surface area contributed by atoms with Crippen molar-refractivity contribution >= 4 is 7.37 Å². The van der Waals surface area contributed by atoms with E-state index in [-0.39, 0.29) is 6.61 Å². The molecular formula is C12H25O4P. The molecule has 4 nitrogen and oxygen atoms in total. The van der Waals surface area contributed by atoms with Gasteiger partial charge >= 0.3 is 0 Å². The van der Waals surface area contributed by atoms with E-state index < -0.39 is 7.37 Å². The monoisotopic (exact) mass is 264 g/mol. The molecule has 0 aromatic rings. The maximum absolute atomic E-state index is 12.4. The van der Waals surface area contributed by atoms with Crippen LogP contribution < -0.4 is 0 Å². The van der Waals surface area contributed by atoms with Crippen LogP contribution in [0.5, 0.6) is 0 Å². The molecule has 1 N–H and O–H groups in total. The van der Waals surface area contributed by atoms with E-state index in [0.717, 1.165) is 0 Å². The zero-order valence-corrected chi connectivity index (χ0v) is 12.0. The molecule has 1 saturated heterocycles. The average Bonchev–Trinajstić information content (AvgIpc) is 2.55. The summed E-state index contributed by atoms with van der Waals surface area (Å²) in [4.78, 5) is 0. The van der Waals surface area contributed by atoms with E-state index >= 15 is 0 Å². The fourth-order valence-corrected chi connectivity index (χ4v) is 5.89. The lowest BCUT2D eigenvalue weighted by atomic mass is 9.88. The number of aliphatic hydroxyl groups excluding tert-OH is 1. The van der Waals surface area contributed by atoms with Crippen LogP contribution in [0.15, 0.2) is 0 Å². The molecule has 0 aromatic heterocycles. The minimum Gasteiger partial charge on any atom is -0.394 e. The normalized spacial score (nSPS) is 33.5. The third kappa shape index (κ3) is 4.70. The number of rotatable bonds is 7. The first kappa shape index (κ1) is 15.2. The summed E-state index contributed by atoms with van der Waals surface area (Å²) in [7, 11) is -2.43. The molecule has 0 bridgehead atoms. The molecule has 0 aliphatic carbocycles. The van der Waals surface area contributed by atoms with Gasteiger partial charge in [0.2, 0.25) is 7.37 Å². The van der Waals surface area contributed by atoms with Gasteiger partial charge in [-0.3, -0.25) is 4.57 Å². The molecule has 1 heterocycles. The fraction of sp³-hybridized carbons (Fsp3) is 1.00. The summed E-state index contributed by atoms with van der Waals surface area (Å²) in [5.41, 5.74) is 0. The van der Waals surface area contributed by atoms with Gasteiger partial charge in [-0.1, -0.05) is 20.8 Å². The molecule has 0 aromatic carbocycles. The zero-order valence-electron chi connectivity index (χ0n) is 11.1. The van der Waals surface area contributed by atoms with Crippen molar-refractivity contribution in [2.45, 2.75) is 20.8 Å². The van der Waals surface area contributed by atoms with Gasteiger partial charge in [0, 0.05) is 12.3 Å². The summed E-state index contributed by atoms with van der Waals surface area (Å²) in [5, 5.41) is 8.54. The zero-order chi connectivity index (χ0) is 12.9. The standard InChI is InChI=1S/C12H25O4P/c1-10(2)12-9-17(14,8-11(12)3)16-7-6-15-5-4-13/h10-13H,4-9H2,1-3H3/t11?,12-,17?/m0/s1. The Morgan fingerprint density at radius 1 is 1.29 bits per heavy atom. The summed E-state index contributed by atoms with van der Waals surface area (Å²) in [6.07, 6.45) is 1.42. The van der Waals surface area contributed by atoms with Crippen LogP contribution in [-0.4, -0.2) is 43.9 Å². The third-order valence-electron chi connectivity index (χ3n) is 3.43. The maximum atomic E-state index is 12.4. The predicted octanol–water partition coefficient (Wildman–Crippen LogP) is 2.21. The van der Waals surface area contributed by atoms with Crippen molar-refractivity contribution in [3.05, 3.63) is 0 Å². The Hall–Kier alpha value is 0.110. The molecule has 5 heteroatoms. The summed E-state index contributed by atoms with van der Waals surface area (Å²) < 4.78 is 23.1. The van der Waals surface area contributed by atoms with Crippen molar-refractivity contribution in [3.63, 3.8) is 0 Å². The number of hydrogen-bond donors (Lipinski definition) is 1. The quantitative estimate of drug-likeness (QED) is 0.566. The van der Waals surface area contributed by atoms with Crippen LogP contribution in [0, 0.1) is 17.8 Å². The van der Waals surface area contributed by atoms with Gasteiger partial charge in [-0.25, -0.2) is 0 Å². The summed E-state index contributed by atoms with van der Waals surface area (Å²) >= 11 is 0. The molecule has 17 heavy (non-hydrogen) atoms. The van der Waals surface area contributed by atoms with Gasteiger partial charge in [-0.2, -0.15) is 0 Å². The highest BCUT2D eigenvalue weighted by Crippen LogP contribution is 2.58. The van der Waals surface area contributed by atoms with Gasteiger partial charge in [0.25, 0.3) is 0 Å². The molecule has 0 spiro atoms. The Morgan fingerprint density at radius 3 is 2.53 bits per heavy atom. The number of aliphatic hydroxyl groups is 1. The van der Waals surface area contributed by atoms with E-state index in [9.17, 15) is 4.57 Å². The predicted molar refractivity (Wildman–Crippen MR) is 68.7 cm³/mol. The summed E-state index contributed by atoms with van der Waals surface area (Å²) in [6.45, 7) is 7.64. The Bertz CT molecular complexity index is 267. The summed E-state index contributed by atoms with van der Waals surface area (Å²) in [6, 6.07) is 0. The largest absolute Gasteiger partial charge is 0.394 e. The van der Waals surface area contributed by atoms with E-state index in [1.807, 2.05) is 0 Å². The minimum atomic E-state index is -2.43. The minimum absolute atomic E-state index is 0.0180. The Labute approximate surface area is 104 Å². The average molecular weight is 264 g/mol. The molecule has 0 radical (unpaired) electrons. The topological polar surface area (TPSA) is 55.8 Å². The van der Waals surface area contributed by atoms with Crippen molar-refractivity contribution in [1.29, 1.82) is 0 Å². The van der Waals surface area contributed by atoms with E-state index in [2.05, 4.69) is 20.8 Å². The first-order valence-corrected chi connectivity index (χ1v) is 8.39. The van der Waals surface area contributed by atoms with Crippen molar-refractivity contribution in [2.75, 3.05) is 38.8 Å². The molecule has 1 aliphatic rings. The highest BCUT2D eigenvalue weighted by atomic mass is 31.2. The van der Waals surface area contributed by atoms with Crippen LogP contribution in [0.2, 0.25) is 0 Å². The van der Waals surface area contributed by atoms with Crippen LogP contribution in [0.4, 0.5) is 0 Å². The second kappa shape index (κ2) is 6.89. The van der Waals surface area contributed by atoms with E-state index in [0.29, 0.717) is 49.9 Å². The highest BCUT2D eigenvalue weighted by Gasteiger charge is 2.41. The number of hydrogen-bond acceptors (Lipinski definition) is 4. The van der Waals surface area contributed by atoms with Gasteiger partial charge in [-0.05, 0) is 17.8 Å². The van der Waals surface area contributed by atoms with Crippen molar-refractivity contribution in [2.24, 2.45) is 17.8 Å². The first-order chi connectivity index (χ1) is 7.98. The van der Waals surface area contributed by atoms with Crippen molar-refractivity contribution in [3.8, 4) is 0 Å². The van der Waals surface area contributed by atoms with E-state index in [1.54, 1.807) is 0 Å². The summed E-state index contributed by atoms with van der Waals surface area (Å²) in [5.74, 6) is 1.56. The molecule has 0 saturated carbocycles. The highest BCUT2D eigenvalue weighted by molar-refractivity contribution is 7.59. The number of ether oxygens (including phenoxy) is 1. The smallest absolute Gasteiger partial charge is 0.203 e. The van der Waals surface area contributed by atoms with Gasteiger partial charge in [0.1, 0.15) is 0 Å². The van der Waals surface area contributed by atoms with E-state index in [1.165, 1.54) is 0 Å². The second-order valence-electron chi connectivity index (χ2n) is 5.23. The molecule has 102 valence electrons. The van der Waals surface area contributed by atoms with Crippen LogP contribution in [0.3, 0.4) is 0 Å². The lowest BCUT2D eigenvalue weighted by molar-refractivity contribution is 0.0712.